The van der Waals surface area contributed by atoms with E-state index < -0.39 is 5.85 Å². The lowest BCUT2D eigenvalue weighted by Gasteiger charge is -2.39. The summed E-state index contributed by atoms with van der Waals surface area (Å²) in [7, 11) is 2.03. The van der Waals surface area contributed by atoms with E-state index in [1.54, 1.807) is 6.92 Å². The Kier molecular flexibility index (Phi) is 11.2. The molecule has 2 aromatic rings. The number of nitrogens with one attached hydrogen (secondary N) is 3. The van der Waals surface area contributed by atoms with Crippen LogP contribution in [0.25, 0.3) is 0 Å². The van der Waals surface area contributed by atoms with Gasteiger partial charge in [-0.05, 0) is 75.9 Å². The van der Waals surface area contributed by atoms with Crippen molar-refractivity contribution < 1.29 is 19.0 Å². The van der Waals surface area contributed by atoms with E-state index in [0.29, 0.717) is 38.7 Å². The molecule has 1 amide bonds. The summed E-state index contributed by atoms with van der Waals surface area (Å²) in [5.41, 5.74) is 11.8. The van der Waals surface area contributed by atoms with Crippen molar-refractivity contribution in [3.05, 3.63) is 59.2 Å². The first kappa shape index (κ1) is 29.7. The second-order valence-corrected chi connectivity index (χ2v) is 9.89. The largest absolute Gasteiger partial charge is 0.452 e. The van der Waals surface area contributed by atoms with Crippen LogP contribution in [0.5, 0.6) is 5.75 Å². The van der Waals surface area contributed by atoms with E-state index >= 15 is 0 Å². The maximum atomic E-state index is 13.3. The maximum absolute atomic E-state index is 13.3. The van der Waals surface area contributed by atoms with Crippen molar-refractivity contribution in [2.75, 3.05) is 45.3 Å². The normalized spacial score (nSPS) is 19.5. The minimum atomic E-state index is -1.19. The van der Waals surface area contributed by atoms with Gasteiger partial charge in [-0.3, -0.25) is 15.0 Å². The van der Waals surface area contributed by atoms with Crippen molar-refractivity contribution in [1.29, 1.82) is 5.53 Å². The van der Waals surface area contributed by atoms with E-state index in [9.17, 15) is 4.79 Å². The van der Waals surface area contributed by atoms with Gasteiger partial charge in [0.05, 0.1) is 25.9 Å². The van der Waals surface area contributed by atoms with Crippen LogP contribution in [0.1, 0.15) is 55.8 Å². The molecule has 0 spiro atoms. The fourth-order valence-electron chi connectivity index (χ4n) is 4.87. The van der Waals surface area contributed by atoms with Crippen LogP contribution in [0.3, 0.4) is 0 Å². The maximum Gasteiger partial charge on any atom is 0.272 e. The molecule has 1 aliphatic heterocycles. The molecule has 0 bridgehead atoms. The molecule has 3 N–H and O–H groups in total. The molecule has 0 aliphatic carbocycles. The fraction of sp³-hybridized carbons (Fsp3) is 0.552. The molecule has 3 unspecified atom stereocenters. The van der Waals surface area contributed by atoms with Crippen LogP contribution in [0.4, 0.5) is 5.69 Å². The summed E-state index contributed by atoms with van der Waals surface area (Å²) in [5, 5.41) is 9.94. The predicted molar refractivity (Wildman–Crippen MR) is 149 cm³/mol. The van der Waals surface area contributed by atoms with E-state index in [0.717, 1.165) is 41.6 Å². The van der Waals surface area contributed by atoms with E-state index in [-0.39, 0.29) is 18.0 Å². The lowest BCUT2D eigenvalue weighted by molar-refractivity contribution is -0.123. The molecule has 0 radical (unpaired) electrons. The number of hydrogen-bond acceptors (Lipinski definition) is 8. The Balaban J connectivity index is 1.57. The topological polar surface area (TPSA) is 108 Å². The Morgan fingerprint density at radius 3 is 2.42 bits per heavy atom. The highest BCUT2D eigenvalue weighted by Gasteiger charge is 2.33. The number of likely N-dealkylation sites (N-methyl/N-ethyl adjacent to an activating group) is 1. The van der Waals surface area contributed by atoms with Crippen LogP contribution in [0.15, 0.2) is 47.6 Å². The summed E-state index contributed by atoms with van der Waals surface area (Å²) in [6.07, 6.45) is 2.79. The third-order valence-electron chi connectivity index (χ3n) is 7.04. The summed E-state index contributed by atoms with van der Waals surface area (Å²) in [6.45, 7) is 10.4. The Morgan fingerprint density at radius 2 is 1.76 bits per heavy atom. The van der Waals surface area contributed by atoms with Crippen molar-refractivity contribution in [2.24, 2.45) is 5.11 Å². The predicted octanol–water partition coefficient (Wildman–Crippen LogP) is 5.19. The van der Waals surface area contributed by atoms with Crippen LogP contribution in [0, 0.1) is 19.4 Å². The van der Waals surface area contributed by atoms with Crippen LogP contribution < -0.4 is 15.4 Å². The number of benzene rings is 2. The quantitative estimate of drug-likeness (QED) is 0.178. The summed E-state index contributed by atoms with van der Waals surface area (Å²) in [5.74, 6) is -0.543. The summed E-state index contributed by atoms with van der Waals surface area (Å²) in [4.78, 5) is 15.4. The molecule has 3 rings (SSSR count). The molecule has 208 valence electrons. The zero-order valence-corrected chi connectivity index (χ0v) is 23.4. The summed E-state index contributed by atoms with van der Waals surface area (Å²) >= 11 is 0. The van der Waals surface area contributed by atoms with Crippen molar-refractivity contribution in [3.8, 4) is 5.75 Å². The van der Waals surface area contributed by atoms with Crippen LogP contribution in [-0.4, -0.2) is 62.7 Å². The number of carbonyl (C=O) groups is 1. The number of nitrogens with zero attached hydrogens (tertiary/aromatic N) is 2. The second-order valence-electron chi connectivity index (χ2n) is 9.89. The molecule has 9 nitrogen and oxygen atoms in total. The van der Waals surface area contributed by atoms with Crippen molar-refractivity contribution in [2.45, 2.75) is 64.9 Å². The number of anilines is 1. The van der Waals surface area contributed by atoms with Crippen LogP contribution >= 0.6 is 0 Å². The van der Waals surface area contributed by atoms with Crippen molar-refractivity contribution in [3.63, 3.8) is 0 Å². The Labute approximate surface area is 226 Å². The Morgan fingerprint density at radius 1 is 1.08 bits per heavy atom. The average Bonchev–Trinajstić information content (AvgIpc) is 2.91. The van der Waals surface area contributed by atoms with Gasteiger partial charge in [0.25, 0.3) is 5.85 Å². The number of ether oxygens (including phenoxy) is 3. The number of piperidine rings is 1. The molecule has 1 fully saturated rings. The molecule has 1 aliphatic rings. The molecular weight excluding hydrogens is 482 g/mol. The molecule has 38 heavy (non-hydrogen) atoms. The number of carbonyl (C=O) groups excluding carboxylic acids is 1. The highest BCUT2D eigenvalue weighted by Crippen LogP contribution is 2.35. The molecule has 0 aromatic heterocycles. The van der Waals surface area contributed by atoms with E-state index in [2.05, 4.69) is 20.6 Å². The van der Waals surface area contributed by atoms with Crippen LogP contribution in [-0.2, 0) is 14.3 Å². The third-order valence-corrected chi connectivity index (χ3v) is 7.04. The van der Waals surface area contributed by atoms with Gasteiger partial charge < -0.3 is 19.5 Å². The van der Waals surface area contributed by atoms with Crippen LogP contribution in [0.2, 0.25) is 0 Å². The van der Waals surface area contributed by atoms with Gasteiger partial charge in [0.15, 0.2) is 0 Å². The number of rotatable bonds is 14. The SMILES string of the molecule is CCOCCOCCNC(C)(N=N)Oc1ccc(C2CCCC(C(=O)Nc3c(C)cccc3C)N2C)cc1. The highest BCUT2D eigenvalue weighted by molar-refractivity contribution is 5.96. The van der Waals surface area contributed by atoms with Crippen molar-refractivity contribution >= 4 is 11.6 Å². The van der Waals surface area contributed by atoms with E-state index in [1.807, 2.05) is 70.3 Å². The Hall–Kier alpha value is -2.85. The standard InChI is InChI=1S/C29H43N5O4/c1-6-36-19-20-37-18-17-31-29(4,33-30)38-24-15-13-23(14-16-24)25-11-8-12-26(34(25)5)28(35)32-27-21(2)9-7-10-22(27)3/h7,9-10,13-16,25-26,30-31H,6,8,11-12,17-20H2,1-5H3,(H,32,35). The van der Waals surface area contributed by atoms with Gasteiger partial charge >= 0.3 is 0 Å². The van der Waals surface area contributed by atoms with Crippen molar-refractivity contribution in [1.82, 2.24) is 10.2 Å². The Bertz CT molecular complexity index is 1030. The number of likely N-dealkylation sites (tertiary alicyclic amines) is 1. The minimum Gasteiger partial charge on any atom is -0.452 e. The van der Waals surface area contributed by atoms with Gasteiger partial charge in [-0.2, -0.15) is 0 Å². The van der Waals surface area contributed by atoms with E-state index in [4.69, 9.17) is 19.7 Å². The number of hydrogen-bond donors (Lipinski definition) is 3. The lowest BCUT2D eigenvalue weighted by atomic mass is 9.91. The second kappa shape index (κ2) is 14.3. The minimum absolute atomic E-state index is 0.0373. The lowest BCUT2D eigenvalue weighted by Crippen LogP contribution is -2.47. The smallest absolute Gasteiger partial charge is 0.272 e. The van der Waals surface area contributed by atoms with Gasteiger partial charge in [0, 0.05) is 31.8 Å². The van der Waals surface area contributed by atoms with Gasteiger partial charge in [0.2, 0.25) is 5.91 Å². The first-order chi connectivity index (χ1) is 18.3. The van der Waals surface area contributed by atoms with E-state index in [1.165, 1.54) is 0 Å². The fourth-order valence-corrected chi connectivity index (χ4v) is 4.87. The molecule has 0 saturated carbocycles. The highest BCUT2D eigenvalue weighted by atomic mass is 16.5. The third kappa shape index (κ3) is 8.07. The molecule has 9 heteroatoms. The van der Waals surface area contributed by atoms with Gasteiger partial charge in [0.1, 0.15) is 5.75 Å². The first-order valence-electron chi connectivity index (χ1n) is 13.4. The summed E-state index contributed by atoms with van der Waals surface area (Å²) < 4.78 is 16.7. The molecule has 1 heterocycles. The number of amides is 1. The molecular formula is C29H43N5O4. The van der Waals surface area contributed by atoms with Gasteiger partial charge in [-0.1, -0.05) is 30.3 Å². The van der Waals surface area contributed by atoms with Gasteiger partial charge in [-0.15, -0.1) is 5.11 Å². The number of aryl methyl sites for hydroxylation is 2. The molecule has 3 atom stereocenters. The first-order valence-corrected chi connectivity index (χ1v) is 13.4. The number of para-hydroxylation sites is 1. The van der Waals surface area contributed by atoms with Gasteiger partial charge in [-0.25, -0.2) is 5.53 Å². The monoisotopic (exact) mass is 525 g/mol. The summed E-state index contributed by atoms with van der Waals surface area (Å²) in [6, 6.07) is 13.8. The molecule has 2 aromatic carbocycles. The molecule has 1 saturated heterocycles. The zero-order chi connectivity index (χ0) is 27.5. The zero-order valence-electron chi connectivity index (χ0n) is 23.4. The average molecular weight is 526 g/mol.